The monoisotopic (exact) mass is 267 g/mol. The zero-order chi connectivity index (χ0) is 14.3. The number of nitro benzene ring substituents is 1. The predicted octanol–water partition coefficient (Wildman–Crippen LogP) is 2.36. The number of rotatable bonds is 8. The third-order valence-electron chi connectivity index (χ3n) is 3.01. The summed E-state index contributed by atoms with van der Waals surface area (Å²) in [6.45, 7) is 7.24. The molecule has 0 aliphatic carbocycles. The number of nitrogens with zero attached hydrogens (tertiary/aromatic N) is 2. The van der Waals surface area contributed by atoms with E-state index in [9.17, 15) is 10.1 Å². The SMILES string of the molecule is CCN(CC)CCOc1cccc(NC)c1[N+](=O)[O-]. The van der Waals surface area contributed by atoms with Crippen LogP contribution in [0.25, 0.3) is 0 Å². The lowest BCUT2D eigenvalue weighted by Gasteiger charge is -2.18. The van der Waals surface area contributed by atoms with Crippen LogP contribution in [0.4, 0.5) is 11.4 Å². The van der Waals surface area contributed by atoms with Crippen molar-refractivity contribution in [2.45, 2.75) is 13.8 Å². The molecule has 0 spiro atoms. The Morgan fingerprint density at radius 3 is 2.58 bits per heavy atom. The Labute approximate surface area is 113 Å². The van der Waals surface area contributed by atoms with E-state index in [2.05, 4.69) is 24.1 Å². The van der Waals surface area contributed by atoms with E-state index in [-0.39, 0.29) is 5.69 Å². The lowest BCUT2D eigenvalue weighted by Crippen LogP contribution is -2.28. The van der Waals surface area contributed by atoms with E-state index < -0.39 is 4.92 Å². The summed E-state index contributed by atoms with van der Waals surface area (Å²) < 4.78 is 5.55. The Morgan fingerprint density at radius 1 is 1.37 bits per heavy atom. The molecule has 106 valence electrons. The van der Waals surface area contributed by atoms with Crippen molar-refractivity contribution in [1.29, 1.82) is 0 Å². The van der Waals surface area contributed by atoms with Crippen LogP contribution in [0.3, 0.4) is 0 Å². The average Bonchev–Trinajstić information content (AvgIpc) is 2.42. The highest BCUT2D eigenvalue weighted by atomic mass is 16.6. The van der Waals surface area contributed by atoms with Gasteiger partial charge in [-0.05, 0) is 25.2 Å². The third kappa shape index (κ3) is 4.10. The number of benzene rings is 1. The van der Waals surface area contributed by atoms with Gasteiger partial charge in [0.25, 0.3) is 0 Å². The molecule has 0 saturated heterocycles. The van der Waals surface area contributed by atoms with Crippen LogP contribution in [-0.4, -0.2) is 43.1 Å². The lowest BCUT2D eigenvalue weighted by molar-refractivity contribution is -0.384. The number of anilines is 1. The number of para-hydroxylation sites is 1. The first-order valence-electron chi connectivity index (χ1n) is 6.44. The van der Waals surface area contributed by atoms with E-state index >= 15 is 0 Å². The Hall–Kier alpha value is -1.82. The van der Waals surface area contributed by atoms with Gasteiger partial charge in [-0.15, -0.1) is 0 Å². The minimum atomic E-state index is -0.418. The van der Waals surface area contributed by atoms with Gasteiger partial charge in [0.15, 0.2) is 5.75 Å². The van der Waals surface area contributed by atoms with Crippen LogP contribution in [0, 0.1) is 10.1 Å². The molecule has 0 heterocycles. The van der Waals surface area contributed by atoms with Gasteiger partial charge in [-0.25, -0.2) is 0 Å². The highest BCUT2D eigenvalue weighted by Crippen LogP contribution is 2.34. The minimum absolute atomic E-state index is 0.00968. The second-order valence-corrected chi connectivity index (χ2v) is 4.03. The van der Waals surface area contributed by atoms with Crippen LogP contribution in [0.15, 0.2) is 18.2 Å². The Kier molecular flexibility index (Phi) is 6.08. The van der Waals surface area contributed by atoms with Crippen molar-refractivity contribution in [3.05, 3.63) is 28.3 Å². The van der Waals surface area contributed by atoms with Gasteiger partial charge in [-0.2, -0.15) is 0 Å². The smallest absolute Gasteiger partial charge is 0.333 e. The molecule has 0 saturated carbocycles. The topological polar surface area (TPSA) is 67.6 Å². The molecular formula is C13H21N3O3. The molecule has 1 N–H and O–H groups in total. The fourth-order valence-electron chi connectivity index (χ4n) is 1.85. The first-order chi connectivity index (χ1) is 9.13. The van der Waals surface area contributed by atoms with Crippen molar-refractivity contribution < 1.29 is 9.66 Å². The first kappa shape index (κ1) is 15.2. The van der Waals surface area contributed by atoms with Gasteiger partial charge in [0.2, 0.25) is 0 Å². The summed E-state index contributed by atoms with van der Waals surface area (Å²) in [5.74, 6) is 0.309. The number of hydrogen-bond donors (Lipinski definition) is 1. The lowest BCUT2D eigenvalue weighted by atomic mass is 10.2. The first-order valence-corrected chi connectivity index (χ1v) is 6.44. The molecule has 0 aliphatic rings. The molecule has 0 bridgehead atoms. The molecule has 1 rings (SSSR count). The maximum atomic E-state index is 11.1. The molecule has 1 aromatic rings. The molecule has 6 heteroatoms. The molecule has 19 heavy (non-hydrogen) atoms. The molecule has 0 aliphatic heterocycles. The quantitative estimate of drug-likeness (QED) is 0.578. The van der Waals surface area contributed by atoms with Crippen LogP contribution < -0.4 is 10.1 Å². The maximum Gasteiger partial charge on any atom is 0.333 e. The van der Waals surface area contributed by atoms with Crippen molar-refractivity contribution in [3.63, 3.8) is 0 Å². The van der Waals surface area contributed by atoms with Crippen LogP contribution in [-0.2, 0) is 0 Å². The summed E-state index contributed by atoms with van der Waals surface area (Å²) in [6, 6.07) is 5.03. The summed E-state index contributed by atoms with van der Waals surface area (Å²) in [4.78, 5) is 12.9. The summed E-state index contributed by atoms with van der Waals surface area (Å²) in [7, 11) is 1.65. The van der Waals surface area contributed by atoms with E-state index in [0.29, 0.717) is 18.0 Å². The second-order valence-electron chi connectivity index (χ2n) is 4.03. The molecule has 0 fully saturated rings. The number of hydrogen-bond acceptors (Lipinski definition) is 5. The number of nitrogens with one attached hydrogen (secondary N) is 1. The van der Waals surface area contributed by atoms with Gasteiger partial charge in [-0.3, -0.25) is 10.1 Å². The summed E-state index contributed by atoms with van der Waals surface area (Å²) in [6.07, 6.45) is 0. The number of ether oxygens (including phenoxy) is 1. The van der Waals surface area contributed by atoms with Gasteiger partial charge < -0.3 is 15.0 Å². The highest BCUT2D eigenvalue weighted by Gasteiger charge is 2.20. The molecule has 0 unspecified atom stereocenters. The van der Waals surface area contributed by atoms with E-state index in [1.54, 1.807) is 25.2 Å². The summed E-state index contributed by atoms with van der Waals surface area (Å²) in [5, 5.41) is 13.9. The van der Waals surface area contributed by atoms with E-state index in [4.69, 9.17) is 4.74 Å². The molecule has 0 aromatic heterocycles. The van der Waals surface area contributed by atoms with Crippen molar-refractivity contribution in [3.8, 4) is 5.75 Å². The molecule has 6 nitrogen and oxygen atoms in total. The van der Waals surface area contributed by atoms with E-state index in [0.717, 1.165) is 19.6 Å². The third-order valence-corrected chi connectivity index (χ3v) is 3.01. The Balaban J connectivity index is 2.75. The second kappa shape index (κ2) is 7.58. The Morgan fingerprint density at radius 2 is 2.05 bits per heavy atom. The molecule has 1 aromatic carbocycles. The van der Waals surface area contributed by atoms with Crippen LogP contribution >= 0.6 is 0 Å². The van der Waals surface area contributed by atoms with Gasteiger partial charge in [0, 0.05) is 13.6 Å². The molecular weight excluding hydrogens is 246 g/mol. The van der Waals surface area contributed by atoms with Crippen molar-refractivity contribution in [2.24, 2.45) is 0 Å². The standard InChI is InChI=1S/C13H21N3O3/c1-4-15(5-2)9-10-19-12-8-6-7-11(14-3)13(12)16(17)18/h6-8,14H,4-5,9-10H2,1-3H3. The van der Waals surface area contributed by atoms with Crippen LogP contribution in [0.2, 0.25) is 0 Å². The predicted molar refractivity (Wildman–Crippen MR) is 75.9 cm³/mol. The summed E-state index contributed by atoms with van der Waals surface area (Å²) >= 11 is 0. The number of nitro groups is 1. The van der Waals surface area contributed by atoms with Gasteiger partial charge in [0.1, 0.15) is 12.3 Å². The van der Waals surface area contributed by atoms with Gasteiger partial charge in [0.05, 0.1) is 4.92 Å². The van der Waals surface area contributed by atoms with E-state index in [1.807, 2.05) is 0 Å². The maximum absolute atomic E-state index is 11.1. The number of likely N-dealkylation sites (N-methyl/N-ethyl adjacent to an activating group) is 1. The highest BCUT2D eigenvalue weighted by molar-refractivity contribution is 5.68. The molecule has 0 radical (unpaired) electrons. The minimum Gasteiger partial charge on any atom is -0.485 e. The molecule has 0 atom stereocenters. The van der Waals surface area contributed by atoms with Crippen molar-refractivity contribution in [1.82, 2.24) is 4.90 Å². The largest absolute Gasteiger partial charge is 0.485 e. The van der Waals surface area contributed by atoms with Crippen LogP contribution in [0.5, 0.6) is 5.75 Å². The van der Waals surface area contributed by atoms with Crippen molar-refractivity contribution >= 4 is 11.4 Å². The zero-order valence-corrected chi connectivity index (χ0v) is 11.7. The van der Waals surface area contributed by atoms with E-state index in [1.165, 1.54) is 0 Å². The Bertz CT molecular complexity index is 420. The molecule has 0 amide bonds. The fourth-order valence-corrected chi connectivity index (χ4v) is 1.85. The van der Waals surface area contributed by atoms with Gasteiger partial charge >= 0.3 is 5.69 Å². The zero-order valence-electron chi connectivity index (χ0n) is 11.7. The summed E-state index contributed by atoms with van der Waals surface area (Å²) in [5.41, 5.74) is 0.454. The fraction of sp³-hybridized carbons (Fsp3) is 0.538. The normalized spacial score (nSPS) is 10.5. The van der Waals surface area contributed by atoms with Gasteiger partial charge in [-0.1, -0.05) is 19.9 Å². The average molecular weight is 267 g/mol. The van der Waals surface area contributed by atoms with Crippen molar-refractivity contribution in [2.75, 3.05) is 38.6 Å². The van der Waals surface area contributed by atoms with Crippen LogP contribution in [0.1, 0.15) is 13.8 Å².